The third kappa shape index (κ3) is 2.42. The molecule has 0 aliphatic rings. The predicted molar refractivity (Wildman–Crippen MR) is 61.5 cm³/mol. The summed E-state index contributed by atoms with van der Waals surface area (Å²) in [5, 5.41) is 9.91. The van der Waals surface area contributed by atoms with E-state index >= 15 is 0 Å². The maximum Gasteiger partial charge on any atom is 0.164 e. The predicted octanol–water partition coefficient (Wildman–Crippen LogP) is 1.91. The summed E-state index contributed by atoms with van der Waals surface area (Å²) in [4.78, 5) is 0. The van der Waals surface area contributed by atoms with E-state index in [0.717, 1.165) is 16.7 Å². The van der Waals surface area contributed by atoms with Crippen molar-refractivity contribution in [1.29, 1.82) is 0 Å². The summed E-state index contributed by atoms with van der Waals surface area (Å²) in [6.45, 7) is 5.79. The van der Waals surface area contributed by atoms with E-state index in [1.54, 1.807) is 7.11 Å². The standard InChI is InChI=1S/C12H19NO2/c1-7-5-10(6-8(2)13)12(15-4)11(14)9(7)3/h5,8,14H,6,13H2,1-4H3. The number of benzene rings is 1. The summed E-state index contributed by atoms with van der Waals surface area (Å²) in [6, 6.07) is 2.08. The zero-order chi connectivity index (χ0) is 11.6. The van der Waals surface area contributed by atoms with Gasteiger partial charge in [0.2, 0.25) is 0 Å². The Morgan fingerprint density at radius 3 is 2.53 bits per heavy atom. The van der Waals surface area contributed by atoms with Crippen molar-refractivity contribution in [2.75, 3.05) is 7.11 Å². The van der Waals surface area contributed by atoms with Crippen LogP contribution >= 0.6 is 0 Å². The minimum absolute atomic E-state index is 0.0559. The van der Waals surface area contributed by atoms with Crippen LogP contribution in [0.25, 0.3) is 0 Å². The van der Waals surface area contributed by atoms with Crippen molar-refractivity contribution in [3.8, 4) is 11.5 Å². The van der Waals surface area contributed by atoms with E-state index in [-0.39, 0.29) is 11.8 Å². The van der Waals surface area contributed by atoms with Gasteiger partial charge in [-0.3, -0.25) is 0 Å². The van der Waals surface area contributed by atoms with Crippen LogP contribution in [0.4, 0.5) is 0 Å². The highest BCUT2D eigenvalue weighted by atomic mass is 16.5. The molecule has 0 bridgehead atoms. The topological polar surface area (TPSA) is 55.5 Å². The lowest BCUT2D eigenvalue weighted by Gasteiger charge is -2.15. The van der Waals surface area contributed by atoms with Crippen LogP contribution in [0.3, 0.4) is 0 Å². The Balaban J connectivity index is 3.25. The lowest BCUT2D eigenvalue weighted by molar-refractivity contribution is 0.366. The summed E-state index contributed by atoms with van der Waals surface area (Å²) in [5.41, 5.74) is 8.64. The molecule has 0 saturated heterocycles. The van der Waals surface area contributed by atoms with Crippen molar-refractivity contribution in [3.05, 3.63) is 22.8 Å². The smallest absolute Gasteiger partial charge is 0.164 e. The monoisotopic (exact) mass is 209 g/mol. The van der Waals surface area contributed by atoms with Gasteiger partial charge in [-0.25, -0.2) is 0 Å². The lowest BCUT2D eigenvalue weighted by atomic mass is 9.99. The molecule has 0 saturated carbocycles. The summed E-state index contributed by atoms with van der Waals surface area (Å²) in [7, 11) is 1.56. The van der Waals surface area contributed by atoms with Crippen LogP contribution in [0.15, 0.2) is 6.07 Å². The highest BCUT2D eigenvalue weighted by molar-refractivity contribution is 5.54. The molecule has 0 aromatic heterocycles. The number of hydrogen-bond acceptors (Lipinski definition) is 3. The fourth-order valence-electron chi connectivity index (χ4n) is 1.67. The Bertz CT molecular complexity index is 359. The maximum absolute atomic E-state index is 9.91. The third-order valence-electron chi connectivity index (χ3n) is 2.59. The van der Waals surface area contributed by atoms with Crippen LogP contribution in [-0.2, 0) is 6.42 Å². The van der Waals surface area contributed by atoms with Crippen LogP contribution in [0, 0.1) is 13.8 Å². The van der Waals surface area contributed by atoms with E-state index in [2.05, 4.69) is 0 Å². The zero-order valence-corrected chi connectivity index (χ0v) is 9.79. The van der Waals surface area contributed by atoms with E-state index in [9.17, 15) is 5.11 Å². The van der Waals surface area contributed by atoms with Crippen LogP contribution in [0.2, 0.25) is 0 Å². The van der Waals surface area contributed by atoms with Gasteiger partial charge in [-0.15, -0.1) is 0 Å². The van der Waals surface area contributed by atoms with Crippen molar-refractivity contribution in [2.24, 2.45) is 5.73 Å². The normalized spacial score (nSPS) is 12.6. The van der Waals surface area contributed by atoms with Crippen molar-refractivity contribution in [2.45, 2.75) is 33.2 Å². The molecule has 0 amide bonds. The van der Waals surface area contributed by atoms with Gasteiger partial charge in [-0.2, -0.15) is 0 Å². The van der Waals surface area contributed by atoms with Gasteiger partial charge in [0, 0.05) is 6.04 Å². The molecule has 0 spiro atoms. The van der Waals surface area contributed by atoms with Crippen molar-refractivity contribution >= 4 is 0 Å². The molecule has 84 valence electrons. The van der Waals surface area contributed by atoms with E-state index in [4.69, 9.17) is 10.5 Å². The van der Waals surface area contributed by atoms with Crippen LogP contribution in [-0.4, -0.2) is 18.3 Å². The molecule has 15 heavy (non-hydrogen) atoms. The van der Waals surface area contributed by atoms with E-state index < -0.39 is 0 Å². The van der Waals surface area contributed by atoms with Gasteiger partial charge in [-0.05, 0) is 43.9 Å². The van der Waals surface area contributed by atoms with Crippen LogP contribution in [0.5, 0.6) is 11.5 Å². The van der Waals surface area contributed by atoms with E-state index in [1.165, 1.54) is 0 Å². The number of rotatable bonds is 3. The number of hydrogen-bond donors (Lipinski definition) is 2. The molecule has 0 aliphatic carbocycles. The fraction of sp³-hybridized carbons (Fsp3) is 0.500. The molecule has 1 atom stereocenters. The quantitative estimate of drug-likeness (QED) is 0.799. The van der Waals surface area contributed by atoms with Gasteiger partial charge >= 0.3 is 0 Å². The number of aryl methyl sites for hydroxylation is 1. The first-order chi connectivity index (χ1) is 6.97. The van der Waals surface area contributed by atoms with Crippen molar-refractivity contribution in [1.82, 2.24) is 0 Å². The molecule has 3 heteroatoms. The number of phenols is 1. The molecule has 0 heterocycles. The molecule has 3 N–H and O–H groups in total. The summed E-state index contributed by atoms with van der Waals surface area (Å²) >= 11 is 0. The minimum Gasteiger partial charge on any atom is -0.504 e. The molecule has 1 unspecified atom stereocenters. The summed E-state index contributed by atoms with van der Waals surface area (Å²) < 4.78 is 5.21. The first kappa shape index (κ1) is 11.9. The fourth-order valence-corrected chi connectivity index (χ4v) is 1.67. The van der Waals surface area contributed by atoms with E-state index in [0.29, 0.717) is 12.2 Å². The Kier molecular flexibility index (Phi) is 3.58. The van der Waals surface area contributed by atoms with Crippen molar-refractivity contribution in [3.63, 3.8) is 0 Å². The molecular formula is C12H19NO2. The number of aromatic hydroxyl groups is 1. The Labute approximate surface area is 90.9 Å². The Morgan fingerprint density at radius 1 is 1.47 bits per heavy atom. The average molecular weight is 209 g/mol. The highest BCUT2D eigenvalue weighted by Gasteiger charge is 2.14. The molecular weight excluding hydrogens is 190 g/mol. The van der Waals surface area contributed by atoms with Gasteiger partial charge in [0.05, 0.1) is 7.11 Å². The highest BCUT2D eigenvalue weighted by Crippen LogP contribution is 2.35. The number of methoxy groups -OCH3 is 1. The minimum atomic E-state index is 0.0559. The maximum atomic E-state index is 9.91. The molecule has 0 fully saturated rings. The first-order valence-electron chi connectivity index (χ1n) is 5.09. The Hall–Kier alpha value is -1.22. The second-order valence-corrected chi connectivity index (χ2v) is 4.04. The molecule has 0 radical (unpaired) electrons. The van der Waals surface area contributed by atoms with Gasteiger partial charge in [0.15, 0.2) is 11.5 Å². The van der Waals surface area contributed by atoms with Crippen LogP contribution < -0.4 is 10.5 Å². The SMILES string of the molecule is COc1c(CC(C)N)cc(C)c(C)c1O. The van der Waals surface area contributed by atoms with E-state index in [1.807, 2.05) is 26.8 Å². The average Bonchev–Trinajstić information content (AvgIpc) is 2.14. The molecule has 3 nitrogen and oxygen atoms in total. The van der Waals surface area contributed by atoms with Gasteiger partial charge in [0.1, 0.15) is 0 Å². The van der Waals surface area contributed by atoms with Gasteiger partial charge in [-0.1, -0.05) is 6.07 Å². The molecule has 1 aromatic carbocycles. The first-order valence-corrected chi connectivity index (χ1v) is 5.09. The second kappa shape index (κ2) is 4.53. The summed E-state index contributed by atoms with van der Waals surface area (Å²) in [5.74, 6) is 0.781. The lowest BCUT2D eigenvalue weighted by Crippen LogP contribution is -2.18. The molecule has 1 aromatic rings. The molecule has 1 rings (SSSR count). The second-order valence-electron chi connectivity index (χ2n) is 4.04. The number of nitrogens with two attached hydrogens (primary N) is 1. The largest absolute Gasteiger partial charge is 0.504 e. The zero-order valence-electron chi connectivity index (χ0n) is 9.79. The molecule has 0 aliphatic heterocycles. The summed E-state index contributed by atoms with van der Waals surface area (Å²) in [6.07, 6.45) is 0.706. The van der Waals surface area contributed by atoms with Gasteiger partial charge < -0.3 is 15.6 Å². The van der Waals surface area contributed by atoms with Crippen molar-refractivity contribution < 1.29 is 9.84 Å². The third-order valence-corrected chi connectivity index (χ3v) is 2.59. The van der Waals surface area contributed by atoms with Gasteiger partial charge in [0.25, 0.3) is 0 Å². The number of ether oxygens (including phenoxy) is 1. The Morgan fingerprint density at radius 2 is 2.07 bits per heavy atom. The van der Waals surface area contributed by atoms with Crippen LogP contribution in [0.1, 0.15) is 23.6 Å². The number of phenolic OH excluding ortho intramolecular Hbond substituents is 1.